The number of hydrogen-bond donors (Lipinski definition) is 2. The van der Waals surface area contributed by atoms with Crippen LogP contribution in [0.1, 0.15) is 46.0 Å². The zero-order valence-electron chi connectivity index (χ0n) is 19.4. The number of hydrogen-bond acceptors (Lipinski definition) is 6. The quantitative estimate of drug-likeness (QED) is 0.395. The van der Waals surface area contributed by atoms with Gasteiger partial charge in [-0.1, -0.05) is 32.9 Å². The van der Waals surface area contributed by atoms with Crippen molar-refractivity contribution in [2.75, 3.05) is 18.9 Å². The highest BCUT2D eigenvalue weighted by atomic mass is 16.7. The van der Waals surface area contributed by atoms with Crippen LogP contribution in [0.15, 0.2) is 36.4 Å². The molecule has 1 unspecified atom stereocenters. The van der Waals surface area contributed by atoms with Gasteiger partial charge in [0.15, 0.2) is 5.82 Å². The number of carbonyl (C=O) groups is 1. The number of rotatable bonds is 7. The molecule has 3 aromatic rings. The van der Waals surface area contributed by atoms with Crippen molar-refractivity contribution in [1.29, 1.82) is 0 Å². The highest BCUT2D eigenvalue weighted by Gasteiger charge is 2.52. The van der Waals surface area contributed by atoms with Gasteiger partial charge in [0, 0.05) is 23.7 Å². The first-order valence-corrected chi connectivity index (χ1v) is 10.6. The van der Waals surface area contributed by atoms with Crippen LogP contribution in [0.25, 0.3) is 11.0 Å². The van der Waals surface area contributed by atoms with E-state index in [-0.39, 0.29) is 0 Å². The van der Waals surface area contributed by atoms with Gasteiger partial charge in [-0.25, -0.2) is 9.78 Å². The van der Waals surface area contributed by atoms with Crippen molar-refractivity contribution >= 4 is 22.9 Å². The lowest BCUT2D eigenvalue weighted by atomic mass is 9.71. The van der Waals surface area contributed by atoms with Crippen LogP contribution in [0.3, 0.4) is 0 Å². The molecular formula is C24H31N3O5. The second-order valence-corrected chi connectivity index (χ2v) is 8.54. The normalized spacial score (nSPS) is 13.6. The lowest BCUT2D eigenvalue weighted by Crippen LogP contribution is -2.47. The summed E-state index contributed by atoms with van der Waals surface area (Å²) in [5.74, 6) is 1.63. The molecule has 172 valence electrons. The molecule has 0 aliphatic heterocycles. The van der Waals surface area contributed by atoms with E-state index in [1.807, 2.05) is 58.4 Å². The molecule has 3 N–H and O–H groups in total. The molecule has 32 heavy (non-hydrogen) atoms. The van der Waals surface area contributed by atoms with Gasteiger partial charge in [0.2, 0.25) is 5.60 Å². The Labute approximate surface area is 187 Å². The Bertz CT molecular complexity index is 1120. The standard InChI is InChI=1S/C24H31N3O5/c1-7-30-17-13-14-18(31-8-2)20-19(17)26-21(27(20)6)24(23(3,4)5,32-22(28)29)15-9-11-16(25)12-10-15/h9-14H,7-8,25H2,1-6H3,(H,28,29). The van der Waals surface area contributed by atoms with Crippen LogP contribution in [-0.2, 0) is 17.4 Å². The Balaban J connectivity index is 2.45. The topological polar surface area (TPSA) is 109 Å². The lowest BCUT2D eigenvalue weighted by Gasteiger charge is -2.42. The van der Waals surface area contributed by atoms with Crippen LogP contribution < -0.4 is 15.2 Å². The van der Waals surface area contributed by atoms with Crippen molar-refractivity contribution in [3.05, 3.63) is 47.8 Å². The van der Waals surface area contributed by atoms with Gasteiger partial charge in [0.05, 0.1) is 13.2 Å². The number of imidazole rings is 1. The molecule has 0 saturated heterocycles. The summed E-state index contributed by atoms with van der Waals surface area (Å²) in [4.78, 5) is 16.9. The molecule has 8 heteroatoms. The third-order valence-electron chi connectivity index (χ3n) is 5.48. The number of aromatic nitrogens is 2. The van der Waals surface area contributed by atoms with Gasteiger partial charge in [0.1, 0.15) is 22.5 Å². The lowest BCUT2D eigenvalue weighted by molar-refractivity contribution is -0.0698. The van der Waals surface area contributed by atoms with Crippen molar-refractivity contribution in [1.82, 2.24) is 9.55 Å². The Morgan fingerprint density at radius 1 is 1.03 bits per heavy atom. The number of aryl methyl sites for hydroxylation is 1. The van der Waals surface area contributed by atoms with Crippen molar-refractivity contribution in [2.24, 2.45) is 12.5 Å². The van der Waals surface area contributed by atoms with Crippen LogP contribution >= 0.6 is 0 Å². The van der Waals surface area contributed by atoms with Gasteiger partial charge in [0.25, 0.3) is 0 Å². The Hall–Kier alpha value is -3.42. The maximum Gasteiger partial charge on any atom is 0.507 e. The molecule has 0 fully saturated rings. The summed E-state index contributed by atoms with van der Waals surface area (Å²) in [5, 5.41) is 9.80. The molecule has 2 aromatic carbocycles. The molecule has 8 nitrogen and oxygen atoms in total. The van der Waals surface area contributed by atoms with E-state index in [0.717, 1.165) is 0 Å². The minimum Gasteiger partial charge on any atom is -0.492 e. The summed E-state index contributed by atoms with van der Waals surface area (Å²) in [6.45, 7) is 10.5. The Morgan fingerprint density at radius 3 is 2.12 bits per heavy atom. The Kier molecular flexibility index (Phi) is 6.25. The summed E-state index contributed by atoms with van der Waals surface area (Å²) in [6, 6.07) is 10.6. The van der Waals surface area contributed by atoms with Crippen LogP contribution in [0, 0.1) is 5.41 Å². The predicted octanol–water partition coefficient (Wildman–Crippen LogP) is 4.94. The van der Waals surface area contributed by atoms with Gasteiger partial charge >= 0.3 is 6.16 Å². The van der Waals surface area contributed by atoms with Crippen molar-refractivity contribution in [3.63, 3.8) is 0 Å². The van der Waals surface area contributed by atoms with E-state index in [9.17, 15) is 9.90 Å². The molecule has 0 bridgehead atoms. The van der Waals surface area contributed by atoms with E-state index >= 15 is 0 Å². The molecule has 0 aliphatic carbocycles. The number of benzene rings is 2. The highest BCUT2D eigenvalue weighted by Crippen LogP contribution is 2.49. The Morgan fingerprint density at radius 2 is 1.59 bits per heavy atom. The van der Waals surface area contributed by atoms with Crippen LogP contribution in [0.2, 0.25) is 0 Å². The molecular weight excluding hydrogens is 410 g/mol. The molecule has 0 amide bonds. The molecule has 3 rings (SSSR count). The highest BCUT2D eigenvalue weighted by molar-refractivity contribution is 5.88. The maximum absolute atomic E-state index is 12.0. The fourth-order valence-electron chi connectivity index (χ4n) is 4.12. The number of nitrogens with two attached hydrogens (primary N) is 1. The smallest absolute Gasteiger partial charge is 0.492 e. The molecule has 1 heterocycles. The number of ether oxygens (including phenoxy) is 3. The van der Waals surface area contributed by atoms with E-state index in [2.05, 4.69) is 0 Å². The molecule has 0 saturated carbocycles. The first kappa shape index (κ1) is 23.2. The van der Waals surface area contributed by atoms with Gasteiger partial charge in [-0.2, -0.15) is 0 Å². The molecule has 1 aromatic heterocycles. The summed E-state index contributed by atoms with van der Waals surface area (Å²) < 4.78 is 19.2. The fourth-order valence-corrected chi connectivity index (χ4v) is 4.12. The number of fused-ring (bicyclic) bond motifs is 1. The summed E-state index contributed by atoms with van der Waals surface area (Å²) in [7, 11) is 1.83. The number of nitrogens with zero attached hydrogens (tertiary/aromatic N) is 2. The van der Waals surface area contributed by atoms with Gasteiger partial charge in [-0.05, 0) is 38.1 Å². The number of anilines is 1. The minimum absolute atomic E-state index is 0.417. The predicted molar refractivity (Wildman–Crippen MR) is 123 cm³/mol. The third-order valence-corrected chi connectivity index (χ3v) is 5.48. The van der Waals surface area contributed by atoms with Crippen LogP contribution in [-0.4, -0.2) is 34.0 Å². The van der Waals surface area contributed by atoms with Crippen molar-refractivity contribution in [2.45, 2.75) is 40.2 Å². The first-order chi connectivity index (χ1) is 15.1. The van der Waals surface area contributed by atoms with E-state index in [1.54, 1.807) is 24.3 Å². The van der Waals surface area contributed by atoms with Gasteiger partial charge < -0.3 is 29.6 Å². The SMILES string of the molecule is CCOc1ccc(OCC)c2c1nc(C(OC(=O)O)(c1ccc(N)cc1)C(C)(C)C)n2C. The van der Waals surface area contributed by atoms with Gasteiger partial charge in [-0.15, -0.1) is 0 Å². The van der Waals surface area contributed by atoms with E-state index in [4.69, 9.17) is 24.9 Å². The zero-order chi connectivity index (χ0) is 23.7. The van der Waals surface area contributed by atoms with Crippen LogP contribution in [0.5, 0.6) is 11.5 Å². The van der Waals surface area contributed by atoms with E-state index < -0.39 is 17.2 Å². The summed E-state index contributed by atoms with van der Waals surface area (Å²) in [6.07, 6.45) is -1.40. The number of carboxylic acid groups (broad SMARTS) is 1. The largest absolute Gasteiger partial charge is 0.507 e. The number of nitrogen functional groups attached to an aromatic ring is 1. The fraction of sp³-hybridized carbons (Fsp3) is 0.417. The average molecular weight is 442 g/mol. The van der Waals surface area contributed by atoms with Gasteiger partial charge in [-0.3, -0.25) is 0 Å². The monoisotopic (exact) mass is 441 g/mol. The second kappa shape index (κ2) is 8.61. The average Bonchev–Trinajstić information content (AvgIpc) is 3.06. The molecule has 1 atom stereocenters. The second-order valence-electron chi connectivity index (χ2n) is 8.54. The minimum atomic E-state index is -1.44. The molecule has 0 aliphatic rings. The molecule has 0 spiro atoms. The van der Waals surface area contributed by atoms with Crippen molar-refractivity contribution in [3.8, 4) is 11.5 Å². The third kappa shape index (κ3) is 3.81. The summed E-state index contributed by atoms with van der Waals surface area (Å²) >= 11 is 0. The molecule has 0 radical (unpaired) electrons. The first-order valence-electron chi connectivity index (χ1n) is 10.6. The van der Waals surface area contributed by atoms with Crippen LogP contribution in [0.4, 0.5) is 10.5 Å². The summed E-state index contributed by atoms with van der Waals surface area (Å²) in [5.41, 5.74) is 6.22. The maximum atomic E-state index is 12.0. The van der Waals surface area contributed by atoms with E-state index in [1.165, 1.54) is 0 Å². The van der Waals surface area contributed by atoms with Crippen molar-refractivity contribution < 1.29 is 24.1 Å². The zero-order valence-corrected chi connectivity index (χ0v) is 19.4. The van der Waals surface area contributed by atoms with E-state index in [0.29, 0.717) is 52.8 Å².